The van der Waals surface area contributed by atoms with E-state index in [1.54, 1.807) is 0 Å². The summed E-state index contributed by atoms with van der Waals surface area (Å²) in [4.78, 5) is 8.53. The number of hydrogen-bond donors (Lipinski definition) is 1. The van der Waals surface area contributed by atoms with Crippen LogP contribution in [0.3, 0.4) is 0 Å². The van der Waals surface area contributed by atoms with Gasteiger partial charge < -0.3 is 9.88 Å². The number of nitrogens with zero attached hydrogens (tertiary/aromatic N) is 3. The highest BCUT2D eigenvalue weighted by Crippen LogP contribution is 2.37. The first-order chi connectivity index (χ1) is 8.33. The summed E-state index contributed by atoms with van der Waals surface area (Å²) >= 11 is 0. The van der Waals surface area contributed by atoms with Gasteiger partial charge >= 0.3 is 0 Å². The van der Waals surface area contributed by atoms with Crippen LogP contribution in [0.1, 0.15) is 30.1 Å². The maximum atomic E-state index is 4.52. The minimum Gasteiger partial charge on any atom is -0.352 e. The fourth-order valence-electron chi connectivity index (χ4n) is 1.96. The minimum absolute atomic E-state index is 0.663. The molecular weight excluding hydrogens is 212 g/mol. The zero-order chi connectivity index (χ0) is 11.7. The van der Waals surface area contributed by atoms with Gasteiger partial charge in [-0.15, -0.1) is 0 Å². The Bertz CT molecular complexity index is 499. The lowest BCUT2D eigenvalue weighted by Gasteiger charge is -2.08. The molecule has 2 heterocycles. The van der Waals surface area contributed by atoms with Gasteiger partial charge in [-0.1, -0.05) is 0 Å². The number of nitrogens with one attached hydrogen (secondary N) is 1. The van der Waals surface area contributed by atoms with Crippen molar-refractivity contribution in [3.05, 3.63) is 42.0 Å². The Hall–Kier alpha value is -1.84. The van der Waals surface area contributed by atoms with Gasteiger partial charge in [-0.05, 0) is 37.5 Å². The molecule has 88 valence electrons. The number of imidazole rings is 1. The molecule has 0 radical (unpaired) electrons. The summed E-state index contributed by atoms with van der Waals surface area (Å²) in [5, 5.41) is 3.40. The second-order valence-electron chi connectivity index (χ2n) is 4.55. The summed E-state index contributed by atoms with van der Waals surface area (Å²) < 4.78 is 2.26. The third kappa shape index (κ3) is 2.30. The van der Waals surface area contributed by atoms with Crippen LogP contribution in [0.5, 0.6) is 0 Å². The number of pyridine rings is 1. The van der Waals surface area contributed by atoms with Crippen LogP contribution >= 0.6 is 0 Å². The maximum Gasteiger partial charge on any atom is 0.203 e. The Morgan fingerprint density at radius 1 is 1.35 bits per heavy atom. The second kappa shape index (κ2) is 4.20. The van der Waals surface area contributed by atoms with Crippen molar-refractivity contribution >= 4 is 5.95 Å². The quantitative estimate of drug-likeness (QED) is 0.874. The standard InChI is InChI=1S/C13H16N4/c1-10-9-17(12-2-3-12)13(16-10)15-8-11-4-6-14-7-5-11/h4-7,9,12H,2-3,8H2,1H3,(H,15,16). The monoisotopic (exact) mass is 228 g/mol. The van der Waals surface area contributed by atoms with Crippen LogP contribution in [0.25, 0.3) is 0 Å². The molecule has 0 atom stereocenters. The van der Waals surface area contributed by atoms with Gasteiger partial charge in [0.05, 0.1) is 5.69 Å². The summed E-state index contributed by atoms with van der Waals surface area (Å²) in [6.45, 7) is 2.84. The van der Waals surface area contributed by atoms with Gasteiger partial charge in [0, 0.05) is 31.2 Å². The van der Waals surface area contributed by atoms with E-state index in [1.807, 2.05) is 31.5 Å². The largest absolute Gasteiger partial charge is 0.352 e. The van der Waals surface area contributed by atoms with Crippen LogP contribution < -0.4 is 5.32 Å². The van der Waals surface area contributed by atoms with Gasteiger partial charge in [-0.3, -0.25) is 4.98 Å². The first-order valence-corrected chi connectivity index (χ1v) is 6.01. The highest BCUT2D eigenvalue weighted by molar-refractivity contribution is 5.32. The van der Waals surface area contributed by atoms with Crippen molar-refractivity contribution in [1.29, 1.82) is 0 Å². The Morgan fingerprint density at radius 3 is 2.82 bits per heavy atom. The molecule has 0 aliphatic heterocycles. The lowest BCUT2D eigenvalue weighted by molar-refractivity contribution is 0.742. The van der Waals surface area contributed by atoms with E-state index < -0.39 is 0 Å². The SMILES string of the molecule is Cc1cn(C2CC2)c(NCc2ccncc2)n1. The summed E-state index contributed by atoms with van der Waals surface area (Å²) in [7, 11) is 0. The molecule has 3 rings (SSSR count). The molecular formula is C13H16N4. The summed E-state index contributed by atoms with van der Waals surface area (Å²) in [5.74, 6) is 0.988. The lowest BCUT2D eigenvalue weighted by Crippen LogP contribution is -2.06. The van der Waals surface area contributed by atoms with Gasteiger partial charge in [0.15, 0.2) is 0 Å². The van der Waals surface area contributed by atoms with Crippen LogP contribution in [-0.2, 0) is 6.54 Å². The van der Waals surface area contributed by atoms with Crippen molar-refractivity contribution in [2.45, 2.75) is 32.4 Å². The molecule has 0 unspecified atom stereocenters. The van der Waals surface area contributed by atoms with Crippen molar-refractivity contribution in [3.8, 4) is 0 Å². The van der Waals surface area contributed by atoms with Gasteiger partial charge in [0.2, 0.25) is 5.95 Å². The zero-order valence-corrected chi connectivity index (χ0v) is 9.93. The predicted molar refractivity (Wildman–Crippen MR) is 66.8 cm³/mol. The molecule has 17 heavy (non-hydrogen) atoms. The lowest BCUT2D eigenvalue weighted by atomic mass is 10.3. The zero-order valence-electron chi connectivity index (χ0n) is 9.93. The van der Waals surface area contributed by atoms with Crippen LogP contribution in [0.4, 0.5) is 5.95 Å². The van der Waals surface area contributed by atoms with Gasteiger partial charge in [-0.25, -0.2) is 4.98 Å². The van der Waals surface area contributed by atoms with Gasteiger partial charge in [0.25, 0.3) is 0 Å². The summed E-state index contributed by atoms with van der Waals surface area (Å²) in [6.07, 6.45) is 8.32. The highest BCUT2D eigenvalue weighted by Gasteiger charge is 2.26. The van der Waals surface area contributed by atoms with E-state index in [0.29, 0.717) is 6.04 Å². The van der Waals surface area contributed by atoms with E-state index in [2.05, 4.69) is 26.0 Å². The Kier molecular flexibility index (Phi) is 2.55. The van der Waals surface area contributed by atoms with Crippen molar-refractivity contribution < 1.29 is 0 Å². The molecule has 0 amide bonds. The van der Waals surface area contributed by atoms with Crippen LogP contribution in [0.2, 0.25) is 0 Å². The third-order valence-corrected chi connectivity index (χ3v) is 2.99. The number of rotatable bonds is 4. The second-order valence-corrected chi connectivity index (χ2v) is 4.55. The first-order valence-electron chi connectivity index (χ1n) is 6.01. The van der Waals surface area contributed by atoms with E-state index in [1.165, 1.54) is 18.4 Å². The molecule has 1 N–H and O–H groups in total. The summed E-state index contributed by atoms with van der Waals surface area (Å²) in [5.41, 5.74) is 2.30. The Labute approximate surface area is 101 Å². The first kappa shape index (κ1) is 10.3. The molecule has 0 bridgehead atoms. The predicted octanol–water partition coefficient (Wildman–Crippen LogP) is 2.53. The van der Waals surface area contributed by atoms with Gasteiger partial charge in [-0.2, -0.15) is 0 Å². The fraction of sp³-hybridized carbons (Fsp3) is 0.385. The van der Waals surface area contributed by atoms with Gasteiger partial charge in [0.1, 0.15) is 0 Å². The average molecular weight is 228 g/mol. The van der Waals surface area contributed by atoms with E-state index in [9.17, 15) is 0 Å². The number of anilines is 1. The van der Waals surface area contributed by atoms with E-state index in [4.69, 9.17) is 0 Å². The minimum atomic E-state index is 0.663. The molecule has 1 aliphatic carbocycles. The molecule has 1 saturated carbocycles. The maximum absolute atomic E-state index is 4.52. The molecule has 0 aromatic carbocycles. The molecule has 2 aromatic heterocycles. The number of aryl methyl sites for hydroxylation is 1. The van der Waals surface area contributed by atoms with Crippen molar-refractivity contribution in [1.82, 2.24) is 14.5 Å². The van der Waals surface area contributed by atoms with Crippen molar-refractivity contribution in [2.75, 3.05) is 5.32 Å². The fourth-order valence-corrected chi connectivity index (χ4v) is 1.96. The topological polar surface area (TPSA) is 42.7 Å². The number of hydrogen-bond acceptors (Lipinski definition) is 3. The molecule has 0 saturated heterocycles. The highest BCUT2D eigenvalue weighted by atomic mass is 15.2. The molecule has 2 aromatic rings. The molecule has 1 fully saturated rings. The number of aromatic nitrogens is 3. The van der Waals surface area contributed by atoms with E-state index >= 15 is 0 Å². The Morgan fingerprint density at radius 2 is 2.12 bits per heavy atom. The molecule has 4 nitrogen and oxygen atoms in total. The third-order valence-electron chi connectivity index (χ3n) is 2.99. The van der Waals surface area contributed by atoms with Crippen LogP contribution in [-0.4, -0.2) is 14.5 Å². The molecule has 1 aliphatic rings. The molecule has 0 spiro atoms. The average Bonchev–Trinajstić information content (AvgIpc) is 3.12. The van der Waals surface area contributed by atoms with E-state index in [0.717, 1.165) is 18.2 Å². The smallest absolute Gasteiger partial charge is 0.203 e. The molecule has 4 heteroatoms. The summed E-state index contributed by atoms with van der Waals surface area (Å²) in [6, 6.07) is 4.70. The van der Waals surface area contributed by atoms with E-state index in [-0.39, 0.29) is 0 Å². The Balaban J connectivity index is 1.72. The van der Waals surface area contributed by atoms with Crippen molar-refractivity contribution in [3.63, 3.8) is 0 Å². The normalized spacial score (nSPS) is 14.9. The van der Waals surface area contributed by atoms with Crippen LogP contribution in [0, 0.1) is 6.92 Å². The van der Waals surface area contributed by atoms with Crippen LogP contribution in [0.15, 0.2) is 30.7 Å². The van der Waals surface area contributed by atoms with Crippen molar-refractivity contribution in [2.24, 2.45) is 0 Å².